The number of pyridine rings is 1. The second kappa shape index (κ2) is 8.18. The molecule has 4 nitrogen and oxygen atoms in total. The number of nitrogens with zero attached hydrogens (tertiary/aromatic N) is 2. The van der Waals surface area contributed by atoms with Crippen LogP contribution in [0.1, 0.15) is 49.8 Å². The van der Waals surface area contributed by atoms with Crippen LogP contribution in [0.2, 0.25) is 0 Å². The van der Waals surface area contributed by atoms with Gasteiger partial charge in [-0.25, -0.2) is 4.98 Å². The molecule has 2 aliphatic rings. The summed E-state index contributed by atoms with van der Waals surface area (Å²) < 4.78 is 5.84. The Hall–Kier alpha value is -3.14. The van der Waals surface area contributed by atoms with E-state index < -0.39 is 0 Å². The normalized spacial score (nSPS) is 20.2. The Labute approximate surface area is 183 Å². The fraction of sp³-hybridized carbons (Fsp3) is 0.333. The monoisotopic (exact) mass is 412 g/mol. The molecule has 1 aliphatic heterocycles. The van der Waals surface area contributed by atoms with E-state index in [1.807, 2.05) is 11.0 Å². The molecule has 0 bridgehead atoms. The molecule has 2 aromatic carbocycles. The smallest absolute Gasteiger partial charge is 0.265 e. The molecule has 1 fully saturated rings. The summed E-state index contributed by atoms with van der Waals surface area (Å²) in [5.74, 6) is 1.77. The maximum Gasteiger partial charge on any atom is 0.265 e. The predicted molar refractivity (Wildman–Crippen MR) is 124 cm³/mol. The zero-order valence-electron chi connectivity index (χ0n) is 18.1. The van der Waals surface area contributed by atoms with E-state index >= 15 is 0 Å². The van der Waals surface area contributed by atoms with Gasteiger partial charge in [-0.05, 0) is 41.9 Å². The van der Waals surface area contributed by atoms with Crippen molar-refractivity contribution in [2.75, 3.05) is 18.1 Å². The van der Waals surface area contributed by atoms with Crippen molar-refractivity contribution in [1.29, 1.82) is 0 Å². The van der Waals surface area contributed by atoms with Gasteiger partial charge in [0.05, 0.1) is 5.69 Å². The van der Waals surface area contributed by atoms with Crippen molar-refractivity contribution in [3.05, 3.63) is 78.0 Å². The van der Waals surface area contributed by atoms with Crippen LogP contribution in [0.15, 0.2) is 66.7 Å². The van der Waals surface area contributed by atoms with Gasteiger partial charge in [-0.15, -0.1) is 0 Å². The van der Waals surface area contributed by atoms with Gasteiger partial charge in [0.25, 0.3) is 5.91 Å². The van der Waals surface area contributed by atoms with Gasteiger partial charge in [0.1, 0.15) is 5.69 Å². The first-order valence-electron chi connectivity index (χ1n) is 11.2. The van der Waals surface area contributed by atoms with Gasteiger partial charge in [0.2, 0.25) is 5.88 Å². The van der Waals surface area contributed by atoms with Gasteiger partial charge >= 0.3 is 0 Å². The number of carbonyl (C=O) groups excluding carboxylic acids is 1. The molecule has 1 aromatic heterocycles. The Morgan fingerprint density at radius 2 is 1.68 bits per heavy atom. The quantitative estimate of drug-likeness (QED) is 0.533. The molecule has 0 radical (unpaired) electrons. The zero-order chi connectivity index (χ0) is 21.4. The molecular formula is C27H28N2O2. The first kappa shape index (κ1) is 19.8. The molecule has 31 heavy (non-hydrogen) atoms. The van der Waals surface area contributed by atoms with Crippen LogP contribution in [0, 0.1) is 5.92 Å². The molecule has 0 N–H and O–H groups in total. The van der Waals surface area contributed by atoms with E-state index in [1.54, 1.807) is 0 Å². The minimum atomic E-state index is 0.000526. The Morgan fingerprint density at radius 3 is 2.32 bits per heavy atom. The lowest BCUT2D eigenvalue weighted by molar-refractivity contribution is -0.121. The number of hydrogen-bond donors (Lipinski definition) is 0. The molecule has 1 aliphatic carbocycles. The highest BCUT2D eigenvalue weighted by Crippen LogP contribution is 2.52. The number of rotatable bonds is 5. The number of hydrogen-bond acceptors (Lipinski definition) is 3. The van der Waals surface area contributed by atoms with Gasteiger partial charge in [-0.3, -0.25) is 4.79 Å². The summed E-state index contributed by atoms with van der Waals surface area (Å²) in [4.78, 5) is 19.5. The standard InChI is InChI=1S/C27H28N2O2/c1-18(2)16-29-24-15-23(20-11-7-4-8-12-20)26(28-27(24)31-17-25(29)30)22-14-13-21(22)19-9-5-3-6-10-19/h3-12,15,18,21-22H,13-14,16-17H2,1-2H3. The van der Waals surface area contributed by atoms with E-state index in [4.69, 9.17) is 9.72 Å². The molecule has 158 valence electrons. The largest absolute Gasteiger partial charge is 0.466 e. The highest BCUT2D eigenvalue weighted by atomic mass is 16.5. The highest BCUT2D eigenvalue weighted by molar-refractivity contribution is 5.98. The number of fused-ring (bicyclic) bond motifs is 1. The molecular weight excluding hydrogens is 384 g/mol. The lowest BCUT2D eigenvalue weighted by Crippen LogP contribution is -2.41. The third-order valence-electron chi connectivity index (χ3n) is 6.41. The van der Waals surface area contributed by atoms with E-state index in [0.717, 1.165) is 28.9 Å². The maximum absolute atomic E-state index is 12.6. The molecule has 4 heteroatoms. The topological polar surface area (TPSA) is 42.4 Å². The van der Waals surface area contributed by atoms with E-state index in [-0.39, 0.29) is 12.5 Å². The minimum Gasteiger partial charge on any atom is -0.466 e. The van der Waals surface area contributed by atoms with Gasteiger partial charge in [0.15, 0.2) is 6.61 Å². The van der Waals surface area contributed by atoms with Crippen molar-refractivity contribution in [3.8, 4) is 17.0 Å². The summed E-state index contributed by atoms with van der Waals surface area (Å²) in [5, 5.41) is 0. The van der Waals surface area contributed by atoms with E-state index in [2.05, 4.69) is 74.5 Å². The van der Waals surface area contributed by atoms with E-state index in [0.29, 0.717) is 30.2 Å². The summed E-state index contributed by atoms with van der Waals surface area (Å²) in [6.45, 7) is 4.98. The number of aromatic nitrogens is 1. The van der Waals surface area contributed by atoms with Crippen molar-refractivity contribution >= 4 is 11.6 Å². The first-order valence-corrected chi connectivity index (χ1v) is 11.2. The van der Waals surface area contributed by atoms with Crippen LogP contribution in [0.25, 0.3) is 11.1 Å². The number of carbonyl (C=O) groups is 1. The maximum atomic E-state index is 12.6. The van der Waals surface area contributed by atoms with Crippen LogP contribution >= 0.6 is 0 Å². The van der Waals surface area contributed by atoms with Crippen molar-refractivity contribution in [1.82, 2.24) is 4.98 Å². The summed E-state index contributed by atoms with van der Waals surface area (Å²) in [6.07, 6.45) is 2.28. The molecule has 2 atom stereocenters. The van der Waals surface area contributed by atoms with E-state index in [9.17, 15) is 4.79 Å². The average molecular weight is 413 g/mol. The molecule has 3 aromatic rings. The SMILES string of the molecule is CC(C)CN1C(=O)COc2nc(C3CCC3c3ccccc3)c(-c3ccccc3)cc21. The Balaban J connectivity index is 1.62. The van der Waals surface area contributed by atoms with Crippen LogP contribution in [-0.4, -0.2) is 24.0 Å². The average Bonchev–Trinajstić information content (AvgIpc) is 2.76. The molecule has 0 spiro atoms. The van der Waals surface area contributed by atoms with Gasteiger partial charge < -0.3 is 9.64 Å². The Bertz CT molecular complexity index is 1080. The number of ether oxygens (including phenoxy) is 1. The van der Waals surface area contributed by atoms with Gasteiger partial charge in [-0.1, -0.05) is 74.5 Å². The van der Waals surface area contributed by atoms with Crippen LogP contribution in [0.3, 0.4) is 0 Å². The zero-order valence-corrected chi connectivity index (χ0v) is 18.1. The molecule has 2 unspecified atom stereocenters. The lowest BCUT2D eigenvalue weighted by atomic mass is 9.67. The predicted octanol–water partition coefficient (Wildman–Crippen LogP) is 5.79. The summed E-state index contributed by atoms with van der Waals surface area (Å²) >= 11 is 0. The third kappa shape index (κ3) is 3.71. The van der Waals surface area contributed by atoms with Crippen LogP contribution < -0.4 is 9.64 Å². The molecule has 2 heterocycles. The molecule has 1 amide bonds. The van der Waals surface area contributed by atoms with Crippen molar-refractivity contribution in [2.24, 2.45) is 5.92 Å². The fourth-order valence-electron chi connectivity index (χ4n) is 4.76. The highest BCUT2D eigenvalue weighted by Gasteiger charge is 2.38. The minimum absolute atomic E-state index is 0.000526. The lowest BCUT2D eigenvalue weighted by Gasteiger charge is -2.39. The first-order chi connectivity index (χ1) is 15.1. The number of anilines is 1. The second-order valence-corrected chi connectivity index (χ2v) is 9.00. The van der Waals surface area contributed by atoms with Crippen LogP contribution in [0.4, 0.5) is 5.69 Å². The van der Waals surface area contributed by atoms with Gasteiger partial charge in [-0.2, -0.15) is 0 Å². The van der Waals surface area contributed by atoms with Crippen molar-refractivity contribution in [2.45, 2.75) is 38.5 Å². The molecule has 1 saturated carbocycles. The van der Waals surface area contributed by atoms with Crippen LogP contribution in [-0.2, 0) is 4.79 Å². The van der Waals surface area contributed by atoms with Gasteiger partial charge in [0, 0.05) is 18.0 Å². The van der Waals surface area contributed by atoms with Crippen molar-refractivity contribution in [3.63, 3.8) is 0 Å². The summed E-state index contributed by atoms with van der Waals surface area (Å²) in [5.41, 5.74) is 5.49. The van der Waals surface area contributed by atoms with Crippen LogP contribution in [0.5, 0.6) is 5.88 Å². The van der Waals surface area contributed by atoms with E-state index in [1.165, 1.54) is 12.0 Å². The number of benzene rings is 2. The molecule has 0 saturated heterocycles. The molecule has 5 rings (SSSR count). The fourth-order valence-corrected chi connectivity index (χ4v) is 4.76. The Morgan fingerprint density at radius 1 is 1.00 bits per heavy atom. The number of amides is 1. The Kier molecular flexibility index (Phi) is 5.23. The second-order valence-electron chi connectivity index (χ2n) is 9.00. The van der Waals surface area contributed by atoms with Crippen molar-refractivity contribution < 1.29 is 9.53 Å². The summed E-state index contributed by atoms with van der Waals surface area (Å²) in [6, 6.07) is 23.3. The third-order valence-corrected chi connectivity index (χ3v) is 6.41. The summed E-state index contributed by atoms with van der Waals surface area (Å²) in [7, 11) is 0.